The average Bonchev–Trinajstić information content (AvgIpc) is 2.53. The minimum atomic E-state index is -0.435. The van der Waals surface area contributed by atoms with Crippen LogP contribution in [0.5, 0.6) is 0 Å². The Kier molecular flexibility index (Phi) is 4.93. The first-order valence-corrected chi connectivity index (χ1v) is 7.07. The highest BCUT2D eigenvalue weighted by atomic mass is 16.5. The molecule has 0 unspecified atom stereocenters. The first-order valence-electron chi connectivity index (χ1n) is 7.07. The fraction of sp³-hybridized carbons (Fsp3) is 0.312. The summed E-state index contributed by atoms with van der Waals surface area (Å²) < 4.78 is 9.99. The molecule has 1 heterocycles. The fourth-order valence-corrected chi connectivity index (χ4v) is 2.17. The quantitative estimate of drug-likeness (QED) is 0.856. The van der Waals surface area contributed by atoms with Crippen molar-refractivity contribution < 1.29 is 19.1 Å². The molecule has 0 atom stereocenters. The van der Waals surface area contributed by atoms with Crippen molar-refractivity contribution in [3.63, 3.8) is 0 Å². The molecule has 1 N–H and O–H groups in total. The lowest BCUT2D eigenvalue weighted by Crippen LogP contribution is -2.10. The molecule has 1 aromatic heterocycles. The lowest BCUT2D eigenvalue weighted by atomic mass is 10.1. The summed E-state index contributed by atoms with van der Waals surface area (Å²) in [5.41, 5.74) is 2.01. The minimum Gasteiger partial charge on any atom is -0.462 e. The van der Waals surface area contributed by atoms with Crippen molar-refractivity contribution in [1.29, 1.82) is 0 Å². The predicted octanol–water partition coefficient (Wildman–Crippen LogP) is 2.63. The number of esters is 2. The maximum absolute atomic E-state index is 12.0. The van der Waals surface area contributed by atoms with Crippen LogP contribution in [0, 0.1) is 0 Å². The smallest absolute Gasteiger partial charge is 0.341 e. The zero-order valence-corrected chi connectivity index (χ0v) is 12.8. The number of carbonyl (C=O) groups excluding carboxylic acids is 2. The number of anilines is 1. The Bertz CT molecular complexity index is 713. The molecule has 1 aromatic carbocycles. The summed E-state index contributed by atoms with van der Waals surface area (Å²) in [5, 5.41) is 3.73. The molecule has 0 aliphatic carbocycles. The van der Waals surface area contributed by atoms with E-state index in [0.717, 1.165) is 5.39 Å². The molecule has 22 heavy (non-hydrogen) atoms. The van der Waals surface area contributed by atoms with Gasteiger partial charge in [0.15, 0.2) is 0 Å². The third kappa shape index (κ3) is 3.00. The summed E-state index contributed by atoms with van der Waals surface area (Å²) in [4.78, 5) is 28.0. The molecule has 2 aromatic rings. The zero-order chi connectivity index (χ0) is 16.1. The Labute approximate surface area is 128 Å². The number of pyridine rings is 1. The van der Waals surface area contributed by atoms with E-state index in [1.165, 1.54) is 6.20 Å². The number of aromatic nitrogens is 1. The van der Waals surface area contributed by atoms with Crippen molar-refractivity contribution in [2.75, 3.05) is 25.6 Å². The van der Waals surface area contributed by atoms with Crippen LogP contribution in [0.25, 0.3) is 10.9 Å². The number of hydrogen-bond acceptors (Lipinski definition) is 6. The van der Waals surface area contributed by atoms with Gasteiger partial charge in [0.05, 0.1) is 30.0 Å². The number of benzene rings is 1. The highest BCUT2D eigenvalue weighted by molar-refractivity contribution is 6.06. The molecule has 0 saturated heterocycles. The number of nitrogens with zero attached hydrogens (tertiary/aromatic N) is 1. The van der Waals surface area contributed by atoms with Crippen LogP contribution in [-0.2, 0) is 9.47 Å². The summed E-state index contributed by atoms with van der Waals surface area (Å²) in [6.07, 6.45) is 1.45. The summed E-state index contributed by atoms with van der Waals surface area (Å²) >= 11 is 0. The molecule has 0 aliphatic rings. The SMILES string of the molecule is CCOC(=O)c1ccc2c(NC)c(C(=O)OCC)cnc2c1. The van der Waals surface area contributed by atoms with Gasteiger partial charge in [-0.1, -0.05) is 0 Å². The van der Waals surface area contributed by atoms with E-state index in [0.29, 0.717) is 35.5 Å². The first-order chi connectivity index (χ1) is 10.6. The van der Waals surface area contributed by atoms with Gasteiger partial charge in [0, 0.05) is 18.6 Å². The molecule has 0 radical (unpaired) electrons. The standard InChI is InChI=1S/C16H18N2O4/c1-4-21-15(19)10-6-7-11-13(8-10)18-9-12(14(11)17-3)16(20)22-5-2/h6-9H,4-5H2,1-3H3,(H,17,18). The second kappa shape index (κ2) is 6.89. The van der Waals surface area contributed by atoms with Crippen LogP contribution in [0.1, 0.15) is 34.6 Å². The molecule has 0 amide bonds. The van der Waals surface area contributed by atoms with Gasteiger partial charge in [0.25, 0.3) is 0 Å². The summed E-state index contributed by atoms with van der Waals surface area (Å²) in [6, 6.07) is 5.03. The molecule has 0 fully saturated rings. The van der Waals surface area contributed by atoms with Crippen LogP contribution < -0.4 is 5.32 Å². The van der Waals surface area contributed by atoms with Crippen molar-refractivity contribution in [3.8, 4) is 0 Å². The maximum atomic E-state index is 12.0. The first kappa shape index (κ1) is 15.8. The molecule has 6 nitrogen and oxygen atoms in total. The third-order valence-corrected chi connectivity index (χ3v) is 3.13. The van der Waals surface area contributed by atoms with Gasteiger partial charge in [-0.3, -0.25) is 4.98 Å². The lowest BCUT2D eigenvalue weighted by molar-refractivity contribution is 0.0516. The van der Waals surface area contributed by atoms with E-state index in [4.69, 9.17) is 9.47 Å². The Morgan fingerprint density at radius 1 is 1.14 bits per heavy atom. The lowest BCUT2D eigenvalue weighted by Gasteiger charge is -2.12. The Balaban J connectivity index is 2.51. The van der Waals surface area contributed by atoms with Gasteiger partial charge in [-0.15, -0.1) is 0 Å². The van der Waals surface area contributed by atoms with Crippen LogP contribution >= 0.6 is 0 Å². The van der Waals surface area contributed by atoms with Crippen molar-refractivity contribution in [1.82, 2.24) is 4.98 Å². The molecular weight excluding hydrogens is 284 g/mol. The second-order valence-electron chi connectivity index (χ2n) is 4.47. The molecule has 0 spiro atoms. The molecule has 0 saturated carbocycles. The molecule has 116 valence electrons. The van der Waals surface area contributed by atoms with Crippen molar-refractivity contribution in [3.05, 3.63) is 35.5 Å². The highest BCUT2D eigenvalue weighted by Gasteiger charge is 2.17. The van der Waals surface area contributed by atoms with Gasteiger partial charge in [0.2, 0.25) is 0 Å². The van der Waals surface area contributed by atoms with Crippen molar-refractivity contribution in [2.24, 2.45) is 0 Å². The van der Waals surface area contributed by atoms with Crippen molar-refractivity contribution in [2.45, 2.75) is 13.8 Å². The van der Waals surface area contributed by atoms with Crippen LogP contribution in [0.2, 0.25) is 0 Å². The number of carbonyl (C=O) groups is 2. The van der Waals surface area contributed by atoms with Crippen molar-refractivity contribution >= 4 is 28.5 Å². The number of hydrogen-bond donors (Lipinski definition) is 1. The number of fused-ring (bicyclic) bond motifs is 1. The normalized spacial score (nSPS) is 10.3. The molecule has 0 bridgehead atoms. The zero-order valence-electron chi connectivity index (χ0n) is 12.8. The van der Waals surface area contributed by atoms with E-state index in [-0.39, 0.29) is 0 Å². The molecule has 0 aliphatic heterocycles. The Morgan fingerprint density at radius 2 is 1.82 bits per heavy atom. The Morgan fingerprint density at radius 3 is 2.45 bits per heavy atom. The van der Waals surface area contributed by atoms with Gasteiger partial charge in [-0.2, -0.15) is 0 Å². The van der Waals surface area contributed by atoms with Crippen LogP contribution in [0.3, 0.4) is 0 Å². The van der Waals surface area contributed by atoms with Gasteiger partial charge >= 0.3 is 11.9 Å². The monoisotopic (exact) mass is 302 g/mol. The number of nitrogens with one attached hydrogen (secondary N) is 1. The Hall–Kier alpha value is -2.63. The number of rotatable bonds is 5. The summed E-state index contributed by atoms with van der Waals surface area (Å²) in [5.74, 6) is -0.831. The van der Waals surface area contributed by atoms with Gasteiger partial charge in [0.1, 0.15) is 5.56 Å². The van der Waals surface area contributed by atoms with E-state index < -0.39 is 11.9 Å². The molecule has 6 heteroatoms. The third-order valence-electron chi connectivity index (χ3n) is 3.13. The van der Waals surface area contributed by atoms with Gasteiger partial charge in [-0.05, 0) is 32.0 Å². The van der Waals surface area contributed by atoms with Gasteiger partial charge in [-0.25, -0.2) is 9.59 Å². The fourth-order valence-electron chi connectivity index (χ4n) is 2.17. The van der Waals surface area contributed by atoms with E-state index in [9.17, 15) is 9.59 Å². The van der Waals surface area contributed by atoms with Crippen LogP contribution in [0.15, 0.2) is 24.4 Å². The minimum absolute atomic E-state index is 0.293. The van der Waals surface area contributed by atoms with E-state index in [2.05, 4.69) is 10.3 Å². The predicted molar refractivity (Wildman–Crippen MR) is 83.2 cm³/mol. The van der Waals surface area contributed by atoms with E-state index in [1.54, 1.807) is 39.1 Å². The topological polar surface area (TPSA) is 77.5 Å². The van der Waals surface area contributed by atoms with Crippen LogP contribution in [-0.4, -0.2) is 37.2 Å². The average molecular weight is 302 g/mol. The summed E-state index contributed by atoms with van der Waals surface area (Å²) in [7, 11) is 1.72. The van der Waals surface area contributed by atoms with E-state index >= 15 is 0 Å². The summed E-state index contributed by atoms with van der Waals surface area (Å²) in [6.45, 7) is 4.11. The van der Waals surface area contributed by atoms with Gasteiger partial charge < -0.3 is 14.8 Å². The number of ether oxygens (including phenoxy) is 2. The second-order valence-corrected chi connectivity index (χ2v) is 4.47. The largest absolute Gasteiger partial charge is 0.462 e. The van der Waals surface area contributed by atoms with E-state index in [1.807, 2.05) is 0 Å². The molecular formula is C16H18N2O4. The molecule has 2 rings (SSSR count). The highest BCUT2D eigenvalue weighted by Crippen LogP contribution is 2.27. The van der Waals surface area contributed by atoms with Crippen LogP contribution in [0.4, 0.5) is 5.69 Å². The maximum Gasteiger partial charge on any atom is 0.341 e.